The molecule has 2 fully saturated rings. The number of amides is 1. The van der Waals surface area contributed by atoms with Gasteiger partial charge in [0.1, 0.15) is 0 Å². The second-order valence-corrected chi connectivity index (χ2v) is 8.45. The molecule has 2 aliphatic heterocycles. The van der Waals surface area contributed by atoms with Crippen molar-refractivity contribution in [2.45, 2.75) is 53.0 Å². The Bertz CT molecular complexity index is 359. The Balaban J connectivity index is 1.77. The summed E-state index contributed by atoms with van der Waals surface area (Å²) in [5.74, 6) is 1.40. The van der Waals surface area contributed by atoms with Crippen LogP contribution in [0.5, 0.6) is 0 Å². The first-order valence-corrected chi connectivity index (χ1v) is 9.03. The first kappa shape index (κ1) is 17.7. The highest BCUT2D eigenvalue weighted by Crippen LogP contribution is 2.22. The molecule has 0 unspecified atom stereocenters. The van der Waals surface area contributed by atoms with Crippen LogP contribution in [0.4, 0.5) is 0 Å². The van der Waals surface area contributed by atoms with Crippen LogP contribution in [-0.2, 0) is 4.79 Å². The van der Waals surface area contributed by atoms with Gasteiger partial charge in [-0.2, -0.15) is 0 Å². The van der Waals surface area contributed by atoms with E-state index in [1.807, 2.05) is 0 Å². The molecular weight excluding hydrogens is 274 g/mol. The number of piperidine rings is 1. The van der Waals surface area contributed by atoms with Crippen molar-refractivity contribution >= 4 is 5.91 Å². The lowest BCUT2D eigenvalue weighted by Gasteiger charge is -2.43. The minimum Gasteiger partial charge on any atom is -0.340 e. The van der Waals surface area contributed by atoms with Gasteiger partial charge >= 0.3 is 0 Å². The van der Waals surface area contributed by atoms with E-state index in [-0.39, 0.29) is 11.5 Å². The van der Waals surface area contributed by atoms with E-state index >= 15 is 0 Å². The number of likely N-dealkylation sites (tertiary alicyclic amines) is 1. The second kappa shape index (κ2) is 7.31. The predicted molar refractivity (Wildman–Crippen MR) is 91.9 cm³/mol. The molecule has 4 nitrogen and oxygen atoms in total. The molecule has 0 aromatic rings. The average molecular weight is 309 g/mol. The molecule has 22 heavy (non-hydrogen) atoms. The molecule has 0 N–H and O–H groups in total. The molecule has 2 aliphatic rings. The van der Waals surface area contributed by atoms with Crippen molar-refractivity contribution in [2.75, 3.05) is 45.8 Å². The van der Waals surface area contributed by atoms with E-state index in [0.717, 1.165) is 58.0 Å². The molecule has 0 aromatic carbocycles. The second-order valence-electron chi connectivity index (χ2n) is 8.45. The van der Waals surface area contributed by atoms with E-state index in [4.69, 9.17) is 0 Å². The summed E-state index contributed by atoms with van der Waals surface area (Å²) < 4.78 is 0. The molecule has 0 spiro atoms. The van der Waals surface area contributed by atoms with E-state index in [0.29, 0.717) is 5.91 Å². The fourth-order valence-corrected chi connectivity index (χ4v) is 3.73. The topological polar surface area (TPSA) is 26.8 Å². The van der Waals surface area contributed by atoms with Gasteiger partial charge in [0.25, 0.3) is 0 Å². The van der Waals surface area contributed by atoms with Crippen LogP contribution in [0.2, 0.25) is 0 Å². The number of carbonyl (C=O) groups is 1. The Labute approximate surface area is 136 Å². The summed E-state index contributed by atoms with van der Waals surface area (Å²) in [7, 11) is 0. The van der Waals surface area contributed by atoms with Gasteiger partial charge < -0.3 is 9.80 Å². The van der Waals surface area contributed by atoms with Gasteiger partial charge in [-0.15, -0.1) is 0 Å². The van der Waals surface area contributed by atoms with Crippen LogP contribution >= 0.6 is 0 Å². The molecule has 0 atom stereocenters. The Kier molecular flexibility index (Phi) is 5.89. The van der Waals surface area contributed by atoms with Gasteiger partial charge in [-0.05, 0) is 52.6 Å². The van der Waals surface area contributed by atoms with Gasteiger partial charge in [0.15, 0.2) is 0 Å². The molecule has 2 saturated heterocycles. The molecule has 128 valence electrons. The maximum atomic E-state index is 12.7. The fraction of sp³-hybridized carbons (Fsp3) is 0.944. The van der Waals surface area contributed by atoms with E-state index in [1.165, 1.54) is 6.54 Å². The van der Waals surface area contributed by atoms with Crippen molar-refractivity contribution in [3.05, 3.63) is 0 Å². The highest BCUT2D eigenvalue weighted by molar-refractivity contribution is 5.79. The number of nitrogens with zero attached hydrogens (tertiary/aromatic N) is 3. The zero-order valence-corrected chi connectivity index (χ0v) is 15.3. The molecule has 2 heterocycles. The van der Waals surface area contributed by atoms with Crippen molar-refractivity contribution < 1.29 is 4.79 Å². The molecule has 0 aromatic heterocycles. The number of hydrogen-bond acceptors (Lipinski definition) is 3. The van der Waals surface area contributed by atoms with Crippen LogP contribution < -0.4 is 0 Å². The number of piperazine rings is 1. The quantitative estimate of drug-likeness (QED) is 0.800. The Morgan fingerprint density at radius 3 is 2.00 bits per heavy atom. The van der Waals surface area contributed by atoms with Crippen LogP contribution in [-0.4, -0.2) is 72.0 Å². The summed E-state index contributed by atoms with van der Waals surface area (Å²) >= 11 is 0. The predicted octanol–water partition coefficient (Wildman–Crippen LogP) is 2.30. The fourth-order valence-electron chi connectivity index (χ4n) is 3.73. The van der Waals surface area contributed by atoms with Crippen LogP contribution in [0.15, 0.2) is 0 Å². The average Bonchev–Trinajstić information content (AvgIpc) is 2.46. The molecule has 0 saturated carbocycles. The van der Waals surface area contributed by atoms with Crippen molar-refractivity contribution in [3.63, 3.8) is 0 Å². The maximum Gasteiger partial charge on any atom is 0.225 e. The van der Waals surface area contributed by atoms with Crippen LogP contribution in [0.1, 0.15) is 47.5 Å². The zero-order chi connectivity index (χ0) is 16.3. The third kappa shape index (κ3) is 4.69. The minimum absolute atomic E-state index is 0.220. The van der Waals surface area contributed by atoms with Crippen molar-refractivity contribution in [2.24, 2.45) is 11.8 Å². The standard InChI is InChI=1S/C18H35N3O/c1-15(2)14-19-8-6-16(7-9-19)17(22)20-10-12-21(13-11-20)18(3,4)5/h15-16H,6-14H2,1-5H3. The van der Waals surface area contributed by atoms with Crippen molar-refractivity contribution in [3.8, 4) is 0 Å². The lowest BCUT2D eigenvalue weighted by atomic mass is 9.94. The molecular formula is C18H35N3O. The smallest absolute Gasteiger partial charge is 0.225 e. The van der Waals surface area contributed by atoms with Gasteiger partial charge in [-0.3, -0.25) is 9.69 Å². The van der Waals surface area contributed by atoms with E-state index in [9.17, 15) is 4.79 Å². The summed E-state index contributed by atoms with van der Waals surface area (Å²) in [6.45, 7) is 18.5. The molecule has 4 heteroatoms. The third-order valence-corrected chi connectivity index (χ3v) is 5.10. The Morgan fingerprint density at radius 2 is 1.55 bits per heavy atom. The summed E-state index contributed by atoms with van der Waals surface area (Å²) in [5, 5.41) is 0. The summed E-state index contributed by atoms with van der Waals surface area (Å²) in [6.07, 6.45) is 2.09. The van der Waals surface area contributed by atoms with E-state index in [1.54, 1.807) is 0 Å². The van der Waals surface area contributed by atoms with Crippen LogP contribution in [0.25, 0.3) is 0 Å². The first-order chi connectivity index (χ1) is 10.3. The van der Waals surface area contributed by atoms with Gasteiger partial charge in [0.05, 0.1) is 0 Å². The Morgan fingerprint density at radius 1 is 1.00 bits per heavy atom. The van der Waals surface area contributed by atoms with Gasteiger partial charge in [-0.25, -0.2) is 0 Å². The van der Waals surface area contributed by atoms with Crippen molar-refractivity contribution in [1.82, 2.24) is 14.7 Å². The monoisotopic (exact) mass is 309 g/mol. The molecule has 1 amide bonds. The zero-order valence-electron chi connectivity index (χ0n) is 15.3. The number of hydrogen-bond donors (Lipinski definition) is 0. The lowest BCUT2D eigenvalue weighted by Crippen LogP contribution is -2.56. The number of carbonyl (C=O) groups excluding carboxylic acids is 1. The van der Waals surface area contributed by atoms with Crippen LogP contribution in [0.3, 0.4) is 0 Å². The highest BCUT2D eigenvalue weighted by atomic mass is 16.2. The number of rotatable bonds is 3. The van der Waals surface area contributed by atoms with E-state index in [2.05, 4.69) is 49.3 Å². The Hall–Kier alpha value is -0.610. The van der Waals surface area contributed by atoms with Gasteiger partial charge in [0.2, 0.25) is 5.91 Å². The summed E-state index contributed by atoms with van der Waals surface area (Å²) in [6, 6.07) is 0. The third-order valence-electron chi connectivity index (χ3n) is 5.10. The largest absolute Gasteiger partial charge is 0.340 e. The lowest BCUT2D eigenvalue weighted by molar-refractivity contribution is -0.139. The van der Waals surface area contributed by atoms with Gasteiger partial charge in [0, 0.05) is 44.2 Å². The highest BCUT2D eigenvalue weighted by Gasteiger charge is 2.32. The normalized spacial score (nSPS) is 23.3. The minimum atomic E-state index is 0.220. The SMILES string of the molecule is CC(C)CN1CCC(C(=O)N2CCN(C(C)(C)C)CC2)CC1. The summed E-state index contributed by atoms with van der Waals surface area (Å²) in [4.78, 5) is 19.9. The maximum absolute atomic E-state index is 12.7. The van der Waals surface area contributed by atoms with Gasteiger partial charge in [-0.1, -0.05) is 13.8 Å². The molecule has 2 rings (SSSR count). The van der Waals surface area contributed by atoms with E-state index < -0.39 is 0 Å². The first-order valence-electron chi connectivity index (χ1n) is 9.03. The van der Waals surface area contributed by atoms with Crippen molar-refractivity contribution in [1.29, 1.82) is 0 Å². The summed E-state index contributed by atoms with van der Waals surface area (Å²) in [5.41, 5.74) is 0.220. The molecule has 0 aliphatic carbocycles. The molecule has 0 bridgehead atoms. The molecule has 0 radical (unpaired) electrons. The van der Waals surface area contributed by atoms with Crippen LogP contribution in [0, 0.1) is 11.8 Å².